The Bertz CT molecular complexity index is 529. The lowest BCUT2D eigenvalue weighted by molar-refractivity contribution is -0.129. The van der Waals surface area contributed by atoms with Crippen LogP contribution >= 0.6 is 0 Å². The molecule has 154 valence electrons. The summed E-state index contributed by atoms with van der Waals surface area (Å²) in [4.78, 5) is 29.2. The molecule has 2 atom stereocenters. The van der Waals surface area contributed by atoms with Gasteiger partial charge in [0.15, 0.2) is 0 Å². The molecule has 2 amide bonds. The number of likely N-dealkylation sites (tertiary alicyclic amines) is 2. The zero-order valence-electron chi connectivity index (χ0n) is 17.5. The molecule has 27 heavy (non-hydrogen) atoms. The highest BCUT2D eigenvalue weighted by atomic mass is 16.6. The maximum absolute atomic E-state index is 12.6. The van der Waals surface area contributed by atoms with E-state index in [-0.39, 0.29) is 35.5 Å². The van der Waals surface area contributed by atoms with E-state index in [0.29, 0.717) is 12.6 Å². The van der Waals surface area contributed by atoms with Crippen molar-refractivity contribution in [2.24, 2.45) is 5.92 Å². The quantitative estimate of drug-likeness (QED) is 0.815. The third-order valence-electron chi connectivity index (χ3n) is 6.95. The summed E-state index contributed by atoms with van der Waals surface area (Å²) >= 11 is 0. The number of carbonyl (C=O) groups excluding carboxylic acids is 2. The van der Waals surface area contributed by atoms with E-state index in [2.05, 4.69) is 31.0 Å². The van der Waals surface area contributed by atoms with Gasteiger partial charge in [-0.15, -0.1) is 0 Å². The first kappa shape index (κ1) is 20.4. The van der Waals surface area contributed by atoms with Crippen LogP contribution in [0.15, 0.2) is 0 Å². The van der Waals surface area contributed by atoms with Gasteiger partial charge in [-0.3, -0.25) is 4.79 Å². The summed E-state index contributed by atoms with van der Waals surface area (Å²) in [6.07, 6.45) is 7.15. The minimum absolute atomic E-state index is 0.0546. The van der Waals surface area contributed by atoms with Crippen LogP contribution in [0.25, 0.3) is 0 Å². The van der Waals surface area contributed by atoms with Gasteiger partial charge in [0.25, 0.3) is 0 Å². The number of carbonyl (C=O) groups is 2. The van der Waals surface area contributed by atoms with Crippen LogP contribution in [-0.2, 0) is 9.53 Å². The van der Waals surface area contributed by atoms with Crippen molar-refractivity contribution in [3.05, 3.63) is 0 Å². The molecule has 0 aromatic rings. The van der Waals surface area contributed by atoms with Gasteiger partial charge in [-0.2, -0.15) is 0 Å². The molecule has 0 aromatic heterocycles. The molecule has 1 aliphatic carbocycles. The Morgan fingerprint density at radius 3 is 2.19 bits per heavy atom. The minimum atomic E-state index is -0.184. The Labute approximate surface area is 164 Å². The molecular weight excluding hydrogens is 342 g/mol. The van der Waals surface area contributed by atoms with E-state index < -0.39 is 0 Å². The molecule has 1 saturated carbocycles. The van der Waals surface area contributed by atoms with Gasteiger partial charge in [0.2, 0.25) is 5.91 Å². The first-order valence-electron chi connectivity index (χ1n) is 10.8. The van der Waals surface area contributed by atoms with Crippen LogP contribution < -0.4 is 5.32 Å². The number of rotatable bonds is 4. The Morgan fingerprint density at radius 1 is 1.11 bits per heavy atom. The van der Waals surface area contributed by atoms with Gasteiger partial charge in [0.05, 0.1) is 6.61 Å². The van der Waals surface area contributed by atoms with E-state index in [4.69, 9.17) is 4.74 Å². The van der Waals surface area contributed by atoms with Crippen molar-refractivity contribution < 1.29 is 14.3 Å². The molecule has 0 radical (unpaired) electrons. The van der Waals surface area contributed by atoms with Crippen molar-refractivity contribution in [1.29, 1.82) is 0 Å². The van der Waals surface area contributed by atoms with Gasteiger partial charge in [0.1, 0.15) is 0 Å². The topological polar surface area (TPSA) is 61.9 Å². The van der Waals surface area contributed by atoms with E-state index >= 15 is 0 Å². The van der Waals surface area contributed by atoms with E-state index in [1.165, 1.54) is 6.42 Å². The van der Waals surface area contributed by atoms with Crippen molar-refractivity contribution in [3.63, 3.8) is 0 Å². The number of piperidine rings is 2. The molecule has 2 unspecified atom stereocenters. The van der Waals surface area contributed by atoms with Crippen molar-refractivity contribution in [2.45, 2.75) is 96.3 Å². The van der Waals surface area contributed by atoms with Crippen LogP contribution in [0.2, 0.25) is 0 Å². The van der Waals surface area contributed by atoms with E-state index in [1.807, 2.05) is 11.8 Å². The second kappa shape index (κ2) is 8.38. The molecule has 6 heteroatoms. The fraction of sp³-hybridized carbons (Fsp3) is 0.905. The van der Waals surface area contributed by atoms with Gasteiger partial charge in [-0.25, -0.2) is 4.79 Å². The molecular formula is C21H37N3O3. The zero-order chi connectivity index (χ0) is 19.6. The number of nitrogens with zero attached hydrogens (tertiary/aromatic N) is 2. The van der Waals surface area contributed by atoms with E-state index in [1.54, 1.807) is 0 Å². The van der Waals surface area contributed by atoms with Gasteiger partial charge in [0, 0.05) is 29.6 Å². The predicted molar refractivity (Wildman–Crippen MR) is 106 cm³/mol. The first-order valence-corrected chi connectivity index (χ1v) is 10.8. The number of nitrogens with one attached hydrogen (secondary N) is 1. The lowest BCUT2D eigenvalue weighted by atomic mass is 9.78. The molecule has 3 rings (SSSR count). The largest absolute Gasteiger partial charge is 0.450 e. The summed E-state index contributed by atoms with van der Waals surface area (Å²) < 4.78 is 5.23. The lowest BCUT2D eigenvalue weighted by Gasteiger charge is -2.47. The molecule has 0 aromatic carbocycles. The molecule has 0 bridgehead atoms. The van der Waals surface area contributed by atoms with Gasteiger partial charge >= 0.3 is 6.09 Å². The van der Waals surface area contributed by atoms with Crippen LogP contribution in [0.4, 0.5) is 4.79 Å². The second-order valence-corrected chi connectivity index (χ2v) is 9.14. The van der Waals surface area contributed by atoms with Crippen LogP contribution in [0.3, 0.4) is 0 Å². The lowest BCUT2D eigenvalue weighted by Crippen LogP contribution is -2.57. The standard InChI is InChI=1S/C21H37N3O3/c1-5-27-20(26)24-15(2)13-18(14-16(24)3)23-11-7-17(8-12-23)19(25)22-21(4)9-6-10-21/h15-18H,5-14H2,1-4H3,(H,22,25). The fourth-order valence-electron chi connectivity index (χ4n) is 5.16. The highest BCUT2D eigenvalue weighted by molar-refractivity contribution is 5.79. The summed E-state index contributed by atoms with van der Waals surface area (Å²) in [6.45, 7) is 10.7. The Morgan fingerprint density at radius 2 is 1.70 bits per heavy atom. The monoisotopic (exact) mass is 379 g/mol. The van der Waals surface area contributed by atoms with Crippen LogP contribution in [-0.4, -0.2) is 65.2 Å². The number of hydrogen-bond acceptors (Lipinski definition) is 4. The summed E-state index contributed by atoms with van der Waals surface area (Å²) in [5.41, 5.74) is 0.0546. The molecule has 2 aliphatic heterocycles. The zero-order valence-corrected chi connectivity index (χ0v) is 17.5. The third-order valence-corrected chi connectivity index (χ3v) is 6.95. The molecule has 6 nitrogen and oxygen atoms in total. The van der Waals surface area contributed by atoms with Crippen LogP contribution in [0.5, 0.6) is 0 Å². The van der Waals surface area contributed by atoms with E-state index in [9.17, 15) is 9.59 Å². The highest BCUT2D eigenvalue weighted by Gasteiger charge is 2.40. The van der Waals surface area contributed by atoms with Crippen molar-refractivity contribution in [3.8, 4) is 0 Å². The van der Waals surface area contributed by atoms with Crippen molar-refractivity contribution in [2.75, 3.05) is 19.7 Å². The third kappa shape index (κ3) is 4.58. The Kier molecular flexibility index (Phi) is 6.34. The normalized spacial score (nSPS) is 31.9. The van der Waals surface area contributed by atoms with Crippen LogP contribution in [0, 0.1) is 5.92 Å². The Balaban J connectivity index is 1.48. The highest BCUT2D eigenvalue weighted by Crippen LogP contribution is 2.33. The summed E-state index contributed by atoms with van der Waals surface area (Å²) in [5.74, 6) is 0.420. The maximum Gasteiger partial charge on any atom is 0.410 e. The summed E-state index contributed by atoms with van der Waals surface area (Å²) in [5, 5.41) is 3.29. The SMILES string of the molecule is CCOC(=O)N1C(C)CC(N2CCC(C(=O)NC3(C)CCC3)CC2)CC1C. The summed E-state index contributed by atoms with van der Waals surface area (Å²) in [7, 11) is 0. The average Bonchev–Trinajstić information content (AvgIpc) is 2.60. The summed E-state index contributed by atoms with van der Waals surface area (Å²) in [6, 6.07) is 0.878. The number of hydrogen-bond donors (Lipinski definition) is 1. The van der Waals surface area contributed by atoms with Crippen molar-refractivity contribution in [1.82, 2.24) is 15.1 Å². The molecule has 3 fully saturated rings. The Hall–Kier alpha value is -1.30. The molecule has 2 heterocycles. The fourth-order valence-corrected chi connectivity index (χ4v) is 5.16. The van der Waals surface area contributed by atoms with E-state index in [0.717, 1.165) is 51.6 Å². The smallest absolute Gasteiger partial charge is 0.410 e. The number of amides is 2. The predicted octanol–water partition coefficient (Wildman–Crippen LogP) is 3.16. The minimum Gasteiger partial charge on any atom is -0.450 e. The molecule has 0 spiro atoms. The first-order chi connectivity index (χ1) is 12.8. The van der Waals surface area contributed by atoms with Crippen LogP contribution in [0.1, 0.15) is 72.6 Å². The van der Waals surface area contributed by atoms with Gasteiger partial charge < -0.3 is 19.9 Å². The second-order valence-electron chi connectivity index (χ2n) is 9.14. The average molecular weight is 380 g/mol. The van der Waals surface area contributed by atoms with Crippen molar-refractivity contribution >= 4 is 12.0 Å². The van der Waals surface area contributed by atoms with Gasteiger partial charge in [-0.05, 0) is 85.7 Å². The molecule has 2 saturated heterocycles. The maximum atomic E-state index is 12.6. The number of ether oxygens (including phenoxy) is 1. The molecule has 3 aliphatic rings. The van der Waals surface area contributed by atoms with Gasteiger partial charge in [-0.1, -0.05) is 0 Å². The molecule has 1 N–H and O–H groups in total.